The molecule has 2 N–H and O–H groups in total. The highest BCUT2D eigenvalue weighted by molar-refractivity contribution is 5.24. The Labute approximate surface area is 113 Å². The van der Waals surface area contributed by atoms with Gasteiger partial charge in [-0.05, 0) is 25.3 Å². The molecule has 4 nitrogen and oxygen atoms in total. The van der Waals surface area contributed by atoms with Crippen molar-refractivity contribution in [2.45, 2.75) is 38.0 Å². The van der Waals surface area contributed by atoms with Crippen LogP contribution in [0.3, 0.4) is 0 Å². The molecule has 0 radical (unpaired) electrons. The molecule has 0 amide bonds. The smallest absolute Gasteiger partial charge is 0.234 e. The molecule has 3 rings (SSSR count). The van der Waals surface area contributed by atoms with Crippen LogP contribution in [0.25, 0.3) is 0 Å². The molecule has 1 aliphatic rings. The van der Waals surface area contributed by atoms with Gasteiger partial charge in [-0.15, -0.1) is 0 Å². The Hall–Kier alpha value is -1.68. The topological polar surface area (TPSA) is 64.9 Å². The average Bonchev–Trinajstić information content (AvgIpc) is 2.81. The van der Waals surface area contributed by atoms with Crippen LogP contribution in [-0.2, 0) is 11.8 Å². The first-order valence-electron chi connectivity index (χ1n) is 6.80. The highest BCUT2D eigenvalue weighted by Crippen LogP contribution is 2.41. The fourth-order valence-corrected chi connectivity index (χ4v) is 2.54. The summed E-state index contributed by atoms with van der Waals surface area (Å²) in [6.45, 7) is 2.68. The summed E-state index contributed by atoms with van der Waals surface area (Å²) in [5, 5.41) is 4.09. The summed E-state index contributed by atoms with van der Waals surface area (Å²) < 4.78 is 5.42. The van der Waals surface area contributed by atoms with Crippen LogP contribution in [0.15, 0.2) is 28.8 Å². The van der Waals surface area contributed by atoms with Crippen LogP contribution < -0.4 is 5.73 Å². The fourth-order valence-electron chi connectivity index (χ4n) is 2.54. The zero-order valence-electron chi connectivity index (χ0n) is 11.2. The van der Waals surface area contributed by atoms with Gasteiger partial charge in [0, 0.05) is 13.0 Å². The SMILES string of the molecule is Cc1ccc(Cc2noc(C3(CN)CCC3)n2)cc1. The van der Waals surface area contributed by atoms with Crippen molar-refractivity contribution >= 4 is 0 Å². The molecule has 1 aromatic heterocycles. The van der Waals surface area contributed by atoms with E-state index in [9.17, 15) is 0 Å². The zero-order valence-corrected chi connectivity index (χ0v) is 11.2. The van der Waals surface area contributed by atoms with Crippen molar-refractivity contribution in [2.75, 3.05) is 6.54 Å². The molecule has 0 atom stereocenters. The monoisotopic (exact) mass is 257 g/mol. The highest BCUT2D eigenvalue weighted by Gasteiger charge is 2.42. The number of nitrogens with zero attached hydrogens (tertiary/aromatic N) is 2. The van der Waals surface area contributed by atoms with Gasteiger partial charge in [-0.1, -0.05) is 41.4 Å². The number of aryl methyl sites for hydroxylation is 1. The third-order valence-electron chi connectivity index (χ3n) is 4.11. The lowest BCUT2D eigenvalue weighted by molar-refractivity contribution is 0.181. The van der Waals surface area contributed by atoms with E-state index in [0.29, 0.717) is 13.0 Å². The number of aromatic nitrogens is 2. The van der Waals surface area contributed by atoms with E-state index in [1.165, 1.54) is 17.5 Å². The Morgan fingerprint density at radius 3 is 2.58 bits per heavy atom. The van der Waals surface area contributed by atoms with Crippen molar-refractivity contribution in [2.24, 2.45) is 5.73 Å². The van der Waals surface area contributed by atoms with Gasteiger partial charge in [0.15, 0.2) is 5.82 Å². The van der Waals surface area contributed by atoms with Gasteiger partial charge in [0.05, 0.1) is 5.41 Å². The summed E-state index contributed by atoms with van der Waals surface area (Å²) in [6.07, 6.45) is 4.04. The van der Waals surface area contributed by atoms with E-state index in [1.807, 2.05) is 0 Å². The lowest BCUT2D eigenvalue weighted by Gasteiger charge is -2.36. The predicted octanol–water partition coefficient (Wildman–Crippen LogP) is 2.35. The normalized spacial score (nSPS) is 17.2. The molecule has 0 unspecified atom stereocenters. The molecule has 1 fully saturated rings. The Balaban J connectivity index is 1.76. The lowest BCUT2D eigenvalue weighted by atomic mass is 9.69. The van der Waals surface area contributed by atoms with Crippen LogP contribution in [0.2, 0.25) is 0 Å². The van der Waals surface area contributed by atoms with Gasteiger partial charge in [0.1, 0.15) is 0 Å². The van der Waals surface area contributed by atoms with Gasteiger partial charge >= 0.3 is 0 Å². The quantitative estimate of drug-likeness (QED) is 0.913. The van der Waals surface area contributed by atoms with Crippen molar-refractivity contribution in [3.05, 3.63) is 47.1 Å². The fraction of sp³-hybridized carbons (Fsp3) is 0.467. The lowest BCUT2D eigenvalue weighted by Crippen LogP contribution is -2.41. The molecule has 100 valence electrons. The molecule has 1 aliphatic carbocycles. The van der Waals surface area contributed by atoms with Crippen LogP contribution in [-0.4, -0.2) is 16.7 Å². The van der Waals surface area contributed by atoms with E-state index in [2.05, 4.69) is 41.3 Å². The molecular weight excluding hydrogens is 238 g/mol. The van der Waals surface area contributed by atoms with Gasteiger partial charge < -0.3 is 10.3 Å². The maximum Gasteiger partial charge on any atom is 0.234 e. The van der Waals surface area contributed by atoms with Crippen LogP contribution in [0.4, 0.5) is 0 Å². The minimum atomic E-state index is -0.0431. The minimum Gasteiger partial charge on any atom is -0.339 e. The van der Waals surface area contributed by atoms with Crippen LogP contribution in [0, 0.1) is 6.92 Å². The van der Waals surface area contributed by atoms with Crippen LogP contribution in [0.5, 0.6) is 0 Å². The van der Waals surface area contributed by atoms with Crippen molar-refractivity contribution in [3.63, 3.8) is 0 Å². The van der Waals surface area contributed by atoms with Crippen molar-refractivity contribution < 1.29 is 4.52 Å². The molecule has 4 heteroatoms. The number of benzene rings is 1. The molecule has 0 saturated heterocycles. The Morgan fingerprint density at radius 1 is 1.26 bits per heavy atom. The van der Waals surface area contributed by atoms with E-state index in [4.69, 9.17) is 10.3 Å². The first-order valence-corrected chi connectivity index (χ1v) is 6.80. The molecule has 1 saturated carbocycles. The second kappa shape index (κ2) is 4.78. The second-order valence-electron chi connectivity index (χ2n) is 5.52. The van der Waals surface area contributed by atoms with Gasteiger partial charge in [-0.25, -0.2) is 0 Å². The molecule has 0 aliphatic heterocycles. The van der Waals surface area contributed by atoms with E-state index in [0.717, 1.165) is 24.6 Å². The first kappa shape index (κ1) is 12.4. The standard InChI is InChI=1S/C15H19N3O/c1-11-3-5-12(6-4-11)9-13-17-14(19-18-13)15(10-16)7-2-8-15/h3-6H,2,7-10,16H2,1H3. The number of rotatable bonds is 4. The third kappa shape index (κ3) is 2.28. The molecule has 0 bridgehead atoms. The van der Waals surface area contributed by atoms with E-state index < -0.39 is 0 Å². The summed E-state index contributed by atoms with van der Waals surface area (Å²) in [5.74, 6) is 1.47. The number of hydrogen-bond donors (Lipinski definition) is 1. The Bertz CT molecular complexity index is 550. The average molecular weight is 257 g/mol. The predicted molar refractivity (Wildman–Crippen MR) is 72.9 cm³/mol. The highest BCUT2D eigenvalue weighted by atomic mass is 16.5. The summed E-state index contributed by atoms with van der Waals surface area (Å²) in [7, 11) is 0. The molecular formula is C15H19N3O. The number of nitrogens with two attached hydrogens (primary N) is 1. The minimum absolute atomic E-state index is 0.0431. The molecule has 2 aromatic rings. The summed E-state index contributed by atoms with van der Waals surface area (Å²) in [5.41, 5.74) is 8.27. The maximum atomic E-state index is 5.85. The Kier molecular flexibility index (Phi) is 3.11. The maximum absolute atomic E-state index is 5.85. The van der Waals surface area contributed by atoms with Gasteiger partial charge in [-0.3, -0.25) is 0 Å². The van der Waals surface area contributed by atoms with Crippen LogP contribution in [0.1, 0.15) is 42.1 Å². The summed E-state index contributed by atoms with van der Waals surface area (Å²) in [4.78, 5) is 4.54. The molecule has 1 aromatic carbocycles. The van der Waals surface area contributed by atoms with E-state index in [1.54, 1.807) is 0 Å². The van der Waals surface area contributed by atoms with Gasteiger partial charge in [0.25, 0.3) is 0 Å². The Morgan fingerprint density at radius 2 is 2.00 bits per heavy atom. The molecule has 0 spiro atoms. The molecule has 1 heterocycles. The first-order chi connectivity index (χ1) is 9.22. The van der Waals surface area contributed by atoms with Gasteiger partial charge in [-0.2, -0.15) is 4.98 Å². The van der Waals surface area contributed by atoms with E-state index in [-0.39, 0.29) is 5.41 Å². The summed E-state index contributed by atoms with van der Waals surface area (Å²) >= 11 is 0. The zero-order chi connectivity index (χ0) is 13.3. The van der Waals surface area contributed by atoms with Crippen molar-refractivity contribution in [1.82, 2.24) is 10.1 Å². The summed E-state index contributed by atoms with van der Waals surface area (Å²) in [6, 6.07) is 8.41. The van der Waals surface area contributed by atoms with Crippen molar-refractivity contribution in [3.8, 4) is 0 Å². The largest absolute Gasteiger partial charge is 0.339 e. The number of hydrogen-bond acceptors (Lipinski definition) is 4. The van der Waals surface area contributed by atoms with E-state index >= 15 is 0 Å². The van der Waals surface area contributed by atoms with Gasteiger partial charge in [0.2, 0.25) is 5.89 Å². The van der Waals surface area contributed by atoms with Crippen molar-refractivity contribution in [1.29, 1.82) is 0 Å². The molecule has 19 heavy (non-hydrogen) atoms. The van der Waals surface area contributed by atoms with Crippen LogP contribution >= 0.6 is 0 Å². The second-order valence-corrected chi connectivity index (χ2v) is 5.52. The third-order valence-corrected chi connectivity index (χ3v) is 4.11.